The number of carbonyl (C=O) groups is 1. The summed E-state index contributed by atoms with van der Waals surface area (Å²) in [5.41, 5.74) is 0.297. The highest BCUT2D eigenvalue weighted by Gasteiger charge is 2.35. The number of carbonyl (C=O) groups excluding carboxylic acids is 1. The smallest absolute Gasteiger partial charge is 0.285 e. The summed E-state index contributed by atoms with van der Waals surface area (Å²) < 4.78 is 48.4. The molecule has 0 aliphatic heterocycles. The van der Waals surface area contributed by atoms with E-state index in [2.05, 4.69) is 15.9 Å². The molecule has 0 atom stereocenters. The van der Waals surface area contributed by atoms with E-state index in [1.807, 2.05) is 0 Å². The molecule has 86 valence electrons. The van der Waals surface area contributed by atoms with E-state index in [1.54, 1.807) is 0 Å². The van der Waals surface area contributed by atoms with Crippen molar-refractivity contribution in [3.8, 4) is 0 Å². The van der Waals surface area contributed by atoms with E-state index in [-0.39, 0.29) is 4.47 Å². The van der Waals surface area contributed by atoms with Gasteiger partial charge in [0.1, 0.15) is 5.82 Å². The summed E-state index contributed by atoms with van der Waals surface area (Å²) in [5.74, 6) is -2.48. The fourth-order valence-electron chi connectivity index (χ4n) is 0.882. The largest absolute Gasteiger partial charge is 0.454 e. The maximum absolute atomic E-state index is 12.8. The van der Waals surface area contributed by atoms with Crippen molar-refractivity contribution in [1.82, 2.24) is 0 Å². The standard InChI is InChI=1S/C10H5BrF4O/c11-7-5-6(1-3-8(7)12)2-4-9(16)10(13,14)15/h1-5H. The summed E-state index contributed by atoms with van der Waals surface area (Å²) in [6.45, 7) is 0. The van der Waals surface area contributed by atoms with Crippen LogP contribution in [0, 0.1) is 5.82 Å². The van der Waals surface area contributed by atoms with Gasteiger partial charge >= 0.3 is 6.18 Å². The lowest BCUT2D eigenvalue weighted by molar-refractivity contribution is -0.165. The number of rotatable bonds is 2. The average molecular weight is 297 g/mol. The first-order valence-electron chi connectivity index (χ1n) is 4.05. The maximum Gasteiger partial charge on any atom is 0.454 e. The van der Waals surface area contributed by atoms with Gasteiger partial charge in [0.05, 0.1) is 4.47 Å². The van der Waals surface area contributed by atoms with Crippen molar-refractivity contribution in [2.75, 3.05) is 0 Å². The minimum absolute atomic E-state index is 0.120. The Morgan fingerprint density at radius 2 is 1.94 bits per heavy atom. The highest BCUT2D eigenvalue weighted by atomic mass is 79.9. The third-order valence-electron chi connectivity index (χ3n) is 1.65. The molecule has 1 rings (SSSR count). The Balaban J connectivity index is 2.85. The Labute approximate surface area is 96.9 Å². The van der Waals surface area contributed by atoms with Gasteiger partial charge in [-0.1, -0.05) is 12.1 Å². The Morgan fingerprint density at radius 3 is 2.44 bits per heavy atom. The zero-order valence-electron chi connectivity index (χ0n) is 7.68. The second-order valence-corrected chi connectivity index (χ2v) is 3.72. The van der Waals surface area contributed by atoms with Gasteiger partial charge in [-0.15, -0.1) is 0 Å². The van der Waals surface area contributed by atoms with Crippen molar-refractivity contribution in [1.29, 1.82) is 0 Å². The molecule has 0 spiro atoms. The molecular formula is C10H5BrF4O. The predicted molar refractivity (Wildman–Crippen MR) is 54.2 cm³/mol. The van der Waals surface area contributed by atoms with Crippen LogP contribution in [0.5, 0.6) is 0 Å². The van der Waals surface area contributed by atoms with Gasteiger partial charge in [-0.25, -0.2) is 4.39 Å². The Bertz CT molecular complexity index is 437. The van der Waals surface area contributed by atoms with E-state index in [4.69, 9.17) is 0 Å². The van der Waals surface area contributed by atoms with Gasteiger partial charge < -0.3 is 0 Å². The summed E-state index contributed by atoms with van der Waals surface area (Å²) in [5, 5.41) is 0. The molecule has 0 radical (unpaired) electrons. The molecule has 6 heteroatoms. The van der Waals surface area contributed by atoms with Gasteiger partial charge in [-0.2, -0.15) is 13.2 Å². The first-order valence-corrected chi connectivity index (χ1v) is 4.84. The van der Waals surface area contributed by atoms with E-state index in [1.165, 1.54) is 12.1 Å². The van der Waals surface area contributed by atoms with Crippen LogP contribution < -0.4 is 0 Å². The van der Waals surface area contributed by atoms with Crippen LogP contribution >= 0.6 is 15.9 Å². The monoisotopic (exact) mass is 296 g/mol. The van der Waals surface area contributed by atoms with E-state index < -0.39 is 17.8 Å². The zero-order chi connectivity index (χ0) is 12.3. The van der Waals surface area contributed by atoms with Gasteiger partial charge in [-0.05, 0) is 39.7 Å². The van der Waals surface area contributed by atoms with Crippen LogP contribution in [0.15, 0.2) is 28.7 Å². The predicted octanol–water partition coefficient (Wildman–Crippen LogP) is 3.73. The van der Waals surface area contributed by atoms with Gasteiger partial charge in [0.15, 0.2) is 0 Å². The molecule has 16 heavy (non-hydrogen) atoms. The van der Waals surface area contributed by atoms with E-state index >= 15 is 0 Å². The molecule has 0 unspecified atom stereocenters. The van der Waals surface area contributed by atoms with Crippen LogP contribution in [0.3, 0.4) is 0 Å². The van der Waals surface area contributed by atoms with Crippen molar-refractivity contribution >= 4 is 27.8 Å². The quantitative estimate of drug-likeness (QED) is 0.600. The molecule has 0 saturated heterocycles. The van der Waals surface area contributed by atoms with Crippen molar-refractivity contribution in [2.45, 2.75) is 6.18 Å². The molecule has 1 aromatic carbocycles. The van der Waals surface area contributed by atoms with E-state index in [0.29, 0.717) is 11.6 Å². The van der Waals surface area contributed by atoms with Crippen LogP contribution in [-0.2, 0) is 4.79 Å². The van der Waals surface area contributed by atoms with Crippen LogP contribution in [0.1, 0.15) is 5.56 Å². The first-order chi connectivity index (χ1) is 7.30. The average Bonchev–Trinajstić information content (AvgIpc) is 2.18. The third-order valence-corrected chi connectivity index (χ3v) is 2.26. The second-order valence-electron chi connectivity index (χ2n) is 2.87. The molecule has 0 aliphatic rings. The van der Waals surface area contributed by atoms with E-state index in [9.17, 15) is 22.4 Å². The zero-order valence-corrected chi connectivity index (χ0v) is 9.27. The topological polar surface area (TPSA) is 17.1 Å². The highest BCUT2D eigenvalue weighted by Crippen LogP contribution is 2.20. The first kappa shape index (κ1) is 12.9. The fourth-order valence-corrected chi connectivity index (χ4v) is 1.28. The number of halogens is 5. The molecule has 0 fully saturated rings. The molecule has 0 aliphatic carbocycles. The number of ketones is 1. The molecule has 1 nitrogen and oxygen atoms in total. The molecule has 0 N–H and O–H groups in total. The number of allylic oxidation sites excluding steroid dienone is 1. The number of benzene rings is 1. The second kappa shape index (κ2) is 4.78. The van der Waals surface area contributed by atoms with Crippen molar-refractivity contribution in [3.05, 3.63) is 40.1 Å². The Hall–Kier alpha value is -1.17. The molecular weight excluding hydrogens is 292 g/mol. The van der Waals surface area contributed by atoms with E-state index in [0.717, 1.165) is 12.1 Å². The normalized spacial score (nSPS) is 12.1. The summed E-state index contributed by atoms with van der Waals surface area (Å²) in [4.78, 5) is 10.5. The van der Waals surface area contributed by atoms with Crippen molar-refractivity contribution < 1.29 is 22.4 Å². The molecule has 0 amide bonds. The summed E-state index contributed by atoms with van der Waals surface area (Å²) >= 11 is 2.88. The number of hydrogen-bond acceptors (Lipinski definition) is 1. The van der Waals surface area contributed by atoms with Crippen LogP contribution in [0.2, 0.25) is 0 Å². The minimum atomic E-state index is -4.88. The van der Waals surface area contributed by atoms with Crippen molar-refractivity contribution in [2.24, 2.45) is 0 Å². The SMILES string of the molecule is O=C(C=Cc1ccc(F)c(Br)c1)C(F)(F)F. The van der Waals surface area contributed by atoms with Gasteiger partial charge in [0, 0.05) is 0 Å². The summed E-state index contributed by atoms with van der Waals surface area (Å²) in [6, 6.07) is 3.62. The van der Waals surface area contributed by atoms with Crippen molar-refractivity contribution in [3.63, 3.8) is 0 Å². The van der Waals surface area contributed by atoms with Gasteiger partial charge in [0.25, 0.3) is 5.78 Å². The molecule has 0 aromatic heterocycles. The van der Waals surface area contributed by atoms with Crippen LogP contribution in [0.4, 0.5) is 17.6 Å². The third kappa shape index (κ3) is 3.44. The lowest BCUT2D eigenvalue weighted by atomic mass is 10.2. The molecule has 0 saturated carbocycles. The Morgan fingerprint density at radius 1 is 1.31 bits per heavy atom. The van der Waals surface area contributed by atoms with Crippen LogP contribution in [-0.4, -0.2) is 12.0 Å². The number of alkyl halides is 3. The lowest BCUT2D eigenvalue weighted by Gasteiger charge is -2.00. The lowest BCUT2D eigenvalue weighted by Crippen LogP contribution is -2.19. The molecule has 0 bridgehead atoms. The highest BCUT2D eigenvalue weighted by molar-refractivity contribution is 9.10. The van der Waals surface area contributed by atoms with Crippen LogP contribution in [0.25, 0.3) is 6.08 Å². The van der Waals surface area contributed by atoms with Gasteiger partial charge in [0.2, 0.25) is 0 Å². The molecule has 1 aromatic rings. The summed E-state index contributed by atoms with van der Waals surface area (Å²) in [7, 11) is 0. The Kier molecular flexibility index (Phi) is 3.85. The minimum Gasteiger partial charge on any atom is -0.285 e. The fraction of sp³-hybridized carbons (Fsp3) is 0.100. The summed E-state index contributed by atoms with van der Waals surface area (Å²) in [6.07, 6.45) is -3.51. The number of hydrogen-bond donors (Lipinski definition) is 0. The molecule has 0 heterocycles. The van der Waals surface area contributed by atoms with Gasteiger partial charge in [-0.3, -0.25) is 4.79 Å². The maximum atomic E-state index is 12.8.